The van der Waals surface area contributed by atoms with E-state index < -0.39 is 0 Å². The Morgan fingerprint density at radius 1 is 0.188 bits per heavy atom. The van der Waals surface area contributed by atoms with Crippen LogP contribution in [0.1, 0.15) is 0 Å². The molecule has 11 aromatic carbocycles. The molecule has 0 aliphatic heterocycles. The van der Waals surface area contributed by atoms with Gasteiger partial charge >= 0.3 is 0 Å². The van der Waals surface area contributed by atoms with Gasteiger partial charge in [0, 0.05) is 0 Å². The monoisotopic (exact) mass is 602 g/mol. The maximum absolute atomic E-state index is 2.41. The van der Waals surface area contributed by atoms with Crippen molar-refractivity contribution in [2.24, 2.45) is 0 Å². The van der Waals surface area contributed by atoms with Crippen LogP contribution in [0.25, 0.3) is 120 Å². The van der Waals surface area contributed by atoms with E-state index in [1.807, 2.05) is 0 Å². The molecule has 0 heteroatoms. The van der Waals surface area contributed by atoms with Gasteiger partial charge in [-0.05, 0) is 120 Å². The molecule has 0 nitrogen and oxygen atoms in total. The van der Waals surface area contributed by atoms with Crippen molar-refractivity contribution in [2.45, 2.75) is 0 Å². The van der Waals surface area contributed by atoms with E-state index in [1.165, 1.54) is 120 Å². The third-order valence-electron chi connectivity index (χ3n) is 11.3. The Labute approximate surface area is 276 Å². The van der Waals surface area contributed by atoms with Crippen LogP contribution in [0.2, 0.25) is 0 Å². The third-order valence-corrected chi connectivity index (χ3v) is 11.3. The highest BCUT2D eigenvalue weighted by molar-refractivity contribution is 6.29. The summed E-state index contributed by atoms with van der Waals surface area (Å²) in [6.07, 6.45) is 0. The van der Waals surface area contributed by atoms with Crippen molar-refractivity contribution in [1.29, 1.82) is 0 Å². The number of fused-ring (bicyclic) bond motifs is 3. The minimum Gasteiger partial charge on any atom is -0.0610 e. The summed E-state index contributed by atoms with van der Waals surface area (Å²) < 4.78 is 0. The molecule has 0 atom stereocenters. The lowest BCUT2D eigenvalue weighted by molar-refractivity contribution is 1.63. The second kappa shape index (κ2) is 8.76. The van der Waals surface area contributed by atoms with Gasteiger partial charge < -0.3 is 0 Å². The first kappa shape index (κ1) is 24.9. The molecule has 0 bridgehead atoms. The predicted octanol–water partition coefficient (Wildman–Crippen LogP) is 13.6. The quantitative estimate of drug-likeness (QED) is 0.173. The summed E-state index contributed by atoms with van der Waals surface area (Å²) in [5, 5.41) is 18.5. The maximum Gasteiger partial charge on any atom is -0.00137 e. The van der Waals surface area contributed by atoms with Gasteiger partial charge in [-0.2, -0.15) is 0 Å². The fraction of sp³-hybridized carbons (Fsp3) is 0. The minimum absolute atomic E-state index is 1.30. The van der Waals surface area contributed by atoms with Gasteiger partial charge in [0.15, 0.2) is 0 Å². The Morgan fingerprint density at radius 3 is 0.938 bits per heavy atom. The number of benzene rings is 11. The van der Waals surface area contributed by atoms with Gasteiger partial charge in [0.25, 0.3) is 0 Å². The summed E-state index contributed by atoms with van der Waals surface area (Å²) in [6, 6.07) is 59.6. The molecule has 0 amide bonds. The zero-order valence-corrected chi connectivity index (χ0v) is 26.0. The largest absolute Gasteiger partial charge is 0.0610 e. The second-order valence-corrected chi connectivity index (χ2v) is 13.6. The lowest BCUT2D eigenvalue weighted by Crippen LogP contribution is -1.93. The number of rotatable bonds is 2. The first-order valence-corrected chi connectivity index (χ1v) is 16.9. The summed E-state index contributed by atoms with van der Waals surface area (Å²) in [7, 11) is 0. The standard InChI is InChI=1S/C48H26/c1-5-28-13-15-32-17-21-34(36-23-19-30(7-1)42(28)45(32)36)38-25-26-39(48-41-12-4-10-27-9-3-11-40(44(27)41)47(38)48)35-22-18-33-16-14-29-6-2-8-31-20-24-37(35)46(33)43(29)31/h1-26H. The van der Waals surface area contributed by atoms with Crippen molar-refractivity contribution in [3.63, 3.8) is 0 Å². The molecular weight excluding hydrogens is 577 g/mol. The van der Waals surface area contributed by atoms with Crippen molar-refractivity contribution in [3.05, 3.63) is 158 Å². The van der Waals surface area contributed by atoms with Crippen LogP contribution >= 0.6 is 0 Å². The van der Waals surface area contributed by atoms with Crippen molar-refractivity contribution >= 4 is 75.4 Å². The molecule has 48 heavy (non-hydrogen) atoms. The van der Waals surface area contributed by atoms with E-state index in [1.54, 1.807) is 0 Å². The Bertz CT molecular complexity index is 2920. The van der Waals surface area contributed by atoms with E-state index in [4.69, 9.17) is 0 Å². The van der Waals surface area contributed by atoms with Gasteiger partial charge in [-0.25, -0.2) is 0 Å². The molecule has 11 aromatic rings. The Hall–Kier alpha value is -6.24. The average Bonchev–Trinajstić information content (AvgIpc) is 3.49. The highest BCUT2D eigenvalue weighted by Crippen LogP contribution is 2.56. The van der Waals surface area contributed by atoms with Crippen LogP contribution in [-0.4, -0.2) is 0 Å². The summed E-state index contributed by atoms with van der Waals surface area (Å²) in [4.78, 5) is 0. The van der Waals surface area contributed by atoms with Crippen molar-refractivity contribution in [2.75, 3.05) is 0 Å². The van der Waals surface area contributed by atoms with Gasteiger partial charge in [0.1, 0.15) is 0 Å². The normalized spacial score (nSPS) is 12.6. The van der Waals surface area contributed by atoms with Crippen LogP contribution in [0.15, 0.2) is 158 Å². The fourth-order valence-electron chi connectivity index (χ4n) is 9.31. The molecule has 0 fully saturated rings. The lowest BCUT2D eigenvalue weighted by Gasteiger charge is -2.20. The second-order valence-electron chi connectivity index (χ2n) is 13.6. The zero-order chi connectivity index (χ0) is 31.1. The van der Waals surface area contributed by atoms with Crippen molar-refractivity contribution < 1.29 is 0 Å². The Balaban J connectivity index is 1.22. The SMILES string of the molecule is c1cc2c3c(cccc3c1)-c1c(-c3ccc4ccc5cccc6ccc3c4c56)ccc(-c3ccc4ccc5cccc6ccc3c4c56)c1-2. The molecule has 0 saturated carbocycles. The van der Waals surface area contributed by atoms with Gasteiger partial charge in [-0.1, -0.05) is 158 Å². The lowest BCUT2D eigenvalue weighted by atomic mass is 9.83. The molecule has 1 aliphatic rings. The molecule has 218 valence electrons. The third kappa shape index (κ3) is 3.01. The van der Waals surface area contributed by atoms with Gasteiger partial charge in [0.2, 0.25) is 0 Å². The summed E-state index contributed by atoms with van der Waals surface area (Å²) in [5.74, 6) is 0. The van der Waals surface area contributed by atoms with E-state index >= 15 is 0 Å². The van der Waals surface area contributed by atoms with Crippen LogP contribution in [0.4, 0.5) is 0 Å². The number of hydrogen-bond donors (Lipinski definition) is 0. The average molecular weight is 603 g/mol. The first-order valence-electron chi connectivity index (χ1n) is 16.9. The topological polar surface area (TPSA) is 0 Å². The summed E-state index contributed by atoms with van der Waals surface area (Å²) in [6.45, 7) is 0. The van der Waals surface area contributed by atoms with E-state index in [0.29, 0.717) is 0 Å². The van der Waals surface area contributed by atoms with E-state index in [9.17, 15) is 0 Å². The smallest absolute Gasteiger partial charge is 0.00137 e. The van der Waals surface area contributed by atoms with Crippen LogP contribution < -0.4 is 0 Å². The number of hydrogen-bond acceptors (Lipinski definition) is 0. The van der Waals surface area contributed by atoms with Crippen LogP contribution in [0.3, 0.4) is 0 Å². The van der Waals surface area contributed by atoms with E-state index in [0.717, 1.165) is 0 Å². The van der Waals surface area contributed by atoms with Gasteiger partial charge in [-0.3, -0.25) is 0 Å². The molecule has 0 radical (unpaired) electrons. The van der Waals surface area contributed by atoms with E-state index in [2.05, 4.69) is 158 Å². The molecule has 0 N–H and O–H groups in total. The molecule has 0 spiro atoms. The Kier molecular flexibility index (Phi) is 4.55. The van der Waals surface area contributed by atoms with Crippen molar-refractivity contribution in [3.8, 4) is 44.5 Å². The molecule has 0 heterocycles. The Morgan fingerprint density at radius 2 is 0.500 bits per heavy atom. The highest BCUT2D eigenvalue weighted by atomic mass is 14.3. The maximum atomic E-state index is 2.41. The molecule has 0 unspecified atom stereocenters. The molecule has 12 rings (SSSR count). The highest BCUT2D eigenvalue weighted by Gasteiger charge is 2.29. The van der Waals surface area contributed by atoms with Crippen LogP contribution in [-0.2, 0) is 0 Å². The molecule has 0 saturated heterocycles. The summed E-state index contributed by atoms with van der Waals surface area (Å²) >= 11 is 0. The molecular formula is C48H26. The molecule has 1 aliphatic carbocycles. The van der Waals surface area contributed by atoms with E-state index in [-0.39, 0.29) is 0 Å². The minimum atomic E-state index is 1.30. The van der Waals surface area contributed by atoms with Crippen LogP contribution in [0, 0.1) is 0 Å². The predicted molar refractivity (Wildman–Crippen MR) is 207 cm³/mol. The van der Waals surface area contributed by atoms with Crippen LogP contribution in [0.5, 0.6) is 0 Å². The molecule has 0 aromatic heterocycles. The first-order chi connectivity index (χ1) is 23.8. The van der Waals surface area contributed by atoms with Gasteiger partial charge in [0.05, 0.1) is 0 Å². The van der Waals surface area contributed by atoms with Gasteiger partial charge in [-0.15, -0.1) is 0 Å². The summed E-state index contributed by atoms with van der Waals surface area (Å²) in [5.41, 5.74) is 10.5. The van der Waals surface area contributed by atoms with Crippen molar-refractivity contribution in [1.82, 2.24) is 0 Å². The fourth-order valence-corrected chi connectivity index (χ4v) is 9.31. The zero-order valence-electron chi connectivity index (χ0n) is 26.0.